The molecule has 1 aliphatic heterocycles. The molecule has 2 aromatic rings. The second-order valence-electron chi connectivity index (χ2n) is 4.35. The Morgan fingerprint density at radius 1 is 0.789 bits per heavy atom. The summed E-state index contributed by atoms with van der Waals surface area (Å²) in [7, 11) is 0. The van der Waals surface area contributed by atoms with Crippen LogP contribution in [-0.2, 0) is 0 Å². The maximum absolute atomic E-state index is 8.85. The molecule has 0 aromatic heterocycles. The summed E-state index contributed by atoms with van der Waals surface area (Å²) in [6.45, 7) is 4.24. The van der Waals surface area contributed by atoms with Crippen LogP contribution in [0, 0.1) is 13.8 Å². The molecule has 1 aliphatic rings. The SMILES string of the molecule is Cc1ccc(O)c(O)c1.Cc1ccc2c(c1)OCO2. The summed E-state index contributed by atoms with van der Waals surface area (Å²) in [6.07, 6.45) is 0. The number of rotatable bonds is 0. The predicted octanol–water partition coefficient (Wildman–Crippen LogP) is 3.13. The first-order chi connectivity index (χ1) is 9.06. The number of aromatic hydroxyl groups is 2. The van der Waals surface area contributed by atoms with E-state index >= 15 is 0 Å². The molecule has 4 heteroatoms. The number of fused-ring (bicyclic) bond motifs is 1. The van der Waals surface area contributed by atoms with Gasteiger partial charge in [-0.15, -0.1) is 0 Å². The summed E-state index contributed by atoms with van der Waals surface area (Å²) in [6, 6.07) is 10.6. The van der Waals surface area contributed by atoms with Gasteiger partial charge in [-0.1, -0.05) is 12.1 Å². The zero-order chi connectivity index (χ0) is 13.8. The molecule has 3 rings (SSSR count). The molecule has 0 spiro atoms. The molecule has 0 aliphatic carbocycles. The minimum absolute atomic E-state index is 0.0602. The molecule has 0 saturated carbocycles. The average Bonchev–Trinajstić information content (AvgIpc) is 2.82. The number of benzene rings is 2. The Hall–Kier alpha value is -2.36. The fraction of sp³-hybridized carbons (Fsp3) is 0.200. The van der Waals surface area contributed by atoms with E-state index in [1.807, 2.05) is 32.0 Å². The van der Waals surface area contributed by atoms with E-state index in [9.17, 15) is 0 Å². The molecule has 2 aromatic carbocycles. The first kappa shape index (κ1) is 13.1. The third-order valence-corrected chi connectivity index (χ3v) is 2.66. The first-order valence-corrected chi connectivity index (χ1v) is 5.91. The smallest absolute Gasteiger partial charge is 0.231 e. The molecule has 4 nitrogen and oxygen atoms in total. The summed E-state index contributed by atoms with van der Waals surface area (Å²) in [5, 5.41) is 17.6. The lowest BCUT2D eigenvalue weighted by Crippen LogP contribution is -1.92. The van der Waals surface area contributed by atoms with Gasteiger partial charge in [0.25, 0.3) is 0 Å². The van der Waals surface area contributed by atoms with Crippen molar-refractivity contribution in [2.45, 2.75) is 13.8 Å². The quantitative estimate of drug-likeness (QED) is 0.714. The molecule has 0 radical (unpaired) electrons. The highest BCUT2D eigenvalue weighted by molar-refractivity contribution is 5.44. The Morgan fingerprint density at radius 2 is 1.42 bits per heavy atom. The molecule has 0 atom stereocenters. The Balaban J connectivity index is 0.000000141. The van der Waals surface area contributed by atoms with Crippen molar-refractivity contribution in [1.82, 2.24) is 0 Å². The van der Waals surface area contributed by atoms with Crippen molar-refractivity contribution in [1.29, 1.82) is 0 Å². The highest BCUT2D eigenvalue weighted by Gasteiger charge is 2.11. The Kier molecular flexibility index (Phi) is 3.80. The fourth-order valence-electron chi connectivity index (χ4n) is 1.64. The first-order valence-electron chi connectivity index (χ1n) is 5.91. The van der Waals surface area contributed by atoms with Crippen molar-refractivity contribution in [3.05, 3.63) is 47.5 Å². The van der Waals surface area contributed by atoms with Crippen LogP contribution in [0.25, 0.3) is 0 Å². The second-order valence-corrected chi connectivity index (χ2v) is 4.35. The number of phenolic OH excluding ortho intramolecular Hbond substituents is 2. The van der Waals surface area contributed by atoms with E-state index in [2.05, 4.69) is 0 Å². The van der Waals surface area contributed by atoms with Gasteiger partial charge in [-0.05, 0) is 49.2 Å². The fourth-order valence-corrected chi connectivity index (χ4v) is 1.64. The van der Waals surface area contributed by atoms with E-state index in [4.69, 9.17) is 19.7 Å². The summed E-state index contributed by atoms with van der Waals surface area (Å²) in [5.41, 5.74) is 2.13. The third-order valence-electron chi connectivity index (χ3n) is 2.66. The van der Waals surface area contributed by atoms with Crippen LogP contribution in [0.5, 0.6) is 23.0 Å². The number of hydrogen-bond acceptors (Lipinski definition) is 4. The number of ether oxygens (including phenoxy) is 2. The highest BCUT2D eigenvalue weighted by Crippen LogP contribution is 2.31. The van der Waals surface area contributed by atoms with Gasteiger partial charge in [0.05, 0.1) is 0 Å². The third kappa shape index (κ3) is 3.31. The van der Waals surface area contributed by atoms with Crippen LogP contribution in [0.15, 0.2) is 36.4 Å². The van der Waals surface area contributed by atoms with Gasteiger partial charge in [0.2, 0.25) is 6.79 Å². The van der Waals surface area contributed by atoms with E-state index in [0.29, 0.717) is 6.79 Å². The monoisotopic (exact) mass is 260 g/mol. The minimum Gasteiger partial charge on any atom is -0.504 e. The predicted molar refractivity (Wildman–Crippen MR) is 71.8 cm³/mol. The van der Waals surface area contributed by atoms with Gasteiger partial charge in [-0.2, -0.15) is 0 Å². The van der Waals surface area contributed by atoms with Crippen LogP contribution in [0.2, 0.25) is 0 Å². The van der Waals surface area contributed by atoms with Crippen molar-refractivity contribution in [3.8, 4) is 23.0 Å². The van der Waals surface area contributed by atoms with Crippen molar-refractivity contribution in [2.24, 2.45) is 0 Å². The zero-order valence-corrected chi connectivity index (χ0v) is 10.9. The van der Waals surface area contributed by atoms with Crippen LogP contribution >= 0.6 is 0 Å². The lowest BCUT2D eigenvalue weighted by atomic mass is 10.2. The zero-order valence-electron chi connectivity index (χ0n) is 10.9. The molecule has 0 bridgehead atoms. The van der Waals surface area contributed by atoms with Gasteiger partial charge in [-0.3, -0.25) is 0 Å². The van der Waals surface area contributed by atoms with Gasteiger partial charge in [0.1, 0.15) is 0 Å². The van der Waals surface area contributed by atoms with Crippen molar-refractivity contribution < 1.29 is 19.7 Å². The van der Waals surface area contributed by atoms with Crippen LogP contribution in [0.1, 0.15) is 11.1 Å². The van der Waals surface area contributed by atoms with Crippen LogP contribution in [0.4, 0.5) is 0 Å². The van der Waals surface area contributed by atoms with Crippen molar-refractivity contribution in [3.63, 3.8) is 0 Å². The largest absolute Gasteiger partial charge is 0.504 e. The van der Waals surface area contributed by atoms with Crippen LogP contribution in [-0.4, -0.2) is 17.0 Å². The van der Waals surface area contributed by atoms with E-state index in [0.717, 1.165) is 17.1 Å². The Bertz CT molecular complexity index is 578. The molecular formula is C15H16O4. The Morgan fingerprint density at radius 3 is 2.11 bits per heavy atom. The van der Waals surface area contributed by atoms with Gasteiger partial charge >= 0.3 is 0 Å². The number of phenols is 2. The lowest BCUT2D eigenvalue weighted by molar-refractivity contribution is 0.174. The Labute approximate surface area is 111 Å². The number of aryl methyl sites for hydroxylation is 2. The van der Waals surface area contributed by atoms with Crippen LogP contribution < -0.4 is 9.47 Å². The topological polar surface area (TPSA) is 58.9 Å². The van der Waals surface area contributed by atoms with Gasteiger partial charge in [0.15, 0.2) is 23.0 Å². The summed E-state index contributed by atoms with van der Waals surface area (Å²) < 4.78 is 10.3. The molecule has 0 unspecified atom stereocenters. The highest BCUT2D eigenvalue weighted by atomic mass is 16.7. The molecule has 1 heterocycles. The second kappa shape index (κ2) is 5.52. The maximum Gasteiger partial charge on any atom is 0.231 e. The van der Waals surface area contributed by atoms with E-state index in [1.54, 1.807) is 6.07 Å². The standard InChI is InChI=1S/C8H8O2.C7H8O2/c1-6-2-3-7-8(4-6)10-5-9-7;1-5-2-3-6(8)7(9)4-5/h2-4H,5H2,1H3;2-4,8-9H,1H3. The molecule has 2 N–H and O–H groups in total. The van der Waals surface area contributed by atoms with Gasteiger partial charge in [-0.25, -0.2) is 0 Å². The number of hydrogen-bond donors (Lipinski definition) is 2. The van der Waals surface area contributed by atoms with E-state index in [1.165, 1.54) is 17.7 Å². The summed E-state index contributed by atoms with van der Waals surface area (Å²) in [5.74, 6) is 1.58. The van der Waals surface area contributed by atoms with Gasteiger partial charge in [0, 0.05) is 0 Å². The van der Waals surface area contributed by atoms with E-state index < -0.39 is 0 Å². The molecular weight excluding hydrogens is 244 g/mol. The lowest BCUT2D eigenvalue weighted by Gasteiger charge is -1.95. The minimum atomic E-state index is -0.0689. The summed E-state index contributed by atoms with van der Waals surface area (Å²) >= 11 is 0. The van der Waals surface area contributed by atoms with Crippen molar-refractivity contribution in [2.75, 3.05) is 6.79 Å². The van der Waals surface area contributed by atoms with Crippen LogP contribution in [0.3, 0.4) is 0 Å². The summed E-state index contributed by atoms with van der Waals surface area (Å²) in [4.78, 5) is 0. The maximum atomic E-state index is 8.85. The van der Waals surface area contributed by atoms with E-state index in [-0.39, 0.29) is 11.5 Å². The van der Waals surface area contributed by atoms with Crippen molar-refractivity contribution >= 4 is 0 Å². The van der Waals surface area contributed by atoms with Gasteiger partial charge < -0.3 is 19.7 Å². The molecule has 19 heavy (non-hydrogen) atoms. The molecule has 100 valence electrons. The molecule has 0 amide bonds. The average molecular weight is 260 g/mol. The normalized spacial score (nSPS) is 11.7. The molecule has 0 fully saturated rings. The molecule has 0 saturated heterocycles.